The summed E-state index contributed by atoms with van der Waals surface area (Å²) in [5, 5.41) is -0.403. The van der Waals surface area contributed by atoms with Crippen LogP contribution >= 0.6 is 0 Å². The fourth-order valence-corrected chi connectivity index (χ4v) is 0.854. The summed E-state index contributed by atoms with van der Waals surface area (Å²) >= 11 is 0. The highest BCUT2D eigenvalue weighted by molar-refractivity contribution is 6.26. The summed E-state index contributed by atoms with van der Waals surface area (Å²) < 4.78 is 10.3. The van der Waals surface area contributed by atoms with Gasteiger partial charge in [0, 0.05) is 11.9 Å². The molecule has 0 saturated carbocycles. The first-order valence-electron chi connectivity index (χ1n) is 5.34. The van der Waals surface area contributed by atoms with Crippen LogP contribution in [-0.2, 0) is 14.3 Å². The summed E-state index contributed by atoms with van der Waals surface area (Å²) in [5.41, 5.74) is 0. The highest BCUT2D eigenvalue weighted by Crippen LogP contribution is 2.19. The van der Waals surface area contributed by atoms with Gasteiger partial charge in [0.05, 0.1) is 13.2 Å². The van der Waals surface area contributed by atoms with Crippen molar-refractivity contribution < 1.29 is 14.3 Å². The van der Waals surface area contributed by atoms with Crippen LogP contribution in [0, 0.1) is 0 Å². The minimum Gasteiger partial charge on any atom is -0.466 e. The minimum atomic E-state index is -0.403. The van der Waals surface area contributed by atoms with E-state index in [-0.39, 0.29) is 5.97 Å². The van der Waals surface area contributed by atoms with Gasteiger partial charge in [-0.15, -0.1) is 6.58 Å². The minimum absolute atomic E-state index is 0.144. The molecule has 0 rings (SSSR count). The Bertz CT molecular complexity index is 196. The van der Waals surface area contributed by atoms with Gasteiger partial charge in [-0.05, 0) is 12.8 Å². The number of carbonyl (C=O) groups is 1. The van der Waals surface area contributed by atoms with Crippen LogP contribution in [0.1, 0.15) is 26.7 Å². The Kier molecular flexibility index (Phi) is 7.13. The molecule has 0 heterocycles. The molecule has 0 aromatic rings. The third kappa shape index (κ3) is 8.24. The van der Waals surface area contributed by atoms with Crippen molar-refractivity contribution in [2.75, 3.05) is 19.8 Å². The Morgan fingerprint density at radius 3 is 2.53 bits per heavy atom. The zero-order valence-electron chi connectivity index (χ0n) is 10.0. The fourth-order valence-electron chi connectivity index (χ4n) is 0.854. The standard InChI is InChI=1S/C11H21BO3/c1-4-7-14-8-5-6-9-15-10(13)11(2,3)12/h4H,1,5-9,12H2,2-3H3. The smallest absolute Gasteiger partial charge is 0.303 e. The van der Waals surface area contributed by atoms with E-state index in [1.165, 1.54) is 0 Å². The van der Waals surface area contributed by atoms with E-state index in [0.717, 1.165) is 12.8 Å². The van der Waals surface area contributed by atoms with Crippen molar-refractivity contribution in [3.8, 4) is 0 Å². The number of hydrogen-bond acceptors (Lipinski definition) is 3. The summed E-state index contributed by atoms with van der Waals surface area (Å²) in [6.45, 7) is 9.01. The van der Waals surface area contributed by atoms with Crippen LogP contribution in [0.25, 0.3) is 0 Å². The zero-order valence-corrected chi connectivity index (χ0v) is 10.0. The Hall–Kier alpha value is -0.765. The highest BCUT2D eigenvalue weighted by atomic mass is 16.5. The van der Waals surface area contributed by atoms with Crippen LogP contribution in [-0.4, -0.2) is 33.6 Å². The van der Waals surface area contributed by atoms with E-state index in [0.29, 0.717) is 19.8 Å². The lowest BCUT2D eigenvalue weighted by molar-refractivity contribution is -0.146. The molecule has 0 aliphatic rings. The maximum Gasteiger partial charge on any atom is 0.303 e. The first-order chi connectivity index (χ1) is 6.98. The Labute approximate surface area is 93.2 Å². The van der Waals surface area contributed by atoms with Gasteiger partial charge in [0.2, 0.25) is 0 Å². The van der Waals surface area contributed by atoms with Crippen LogP contribution in [0.3, 0.4) is 0 Å². The Morgan fingerprint density at radius 2 is 2.00 bits per heavy atom. The predicted molar refractivity (Wildman–Crippen MR) is 63.8 cm³/mol. The van der Waals surface area contributed by atoms with Crippen molar-refractivity contribution >= 4 is 13.8 Å². The third-order valence-corrected chi connectivity index (χ3v) is 1.76. The molecule has 15 heavy (non-hydrogen) atoms. The van der Waals surface area contributed by atoms with Gasteiger partial charge < -0.3 is 9.47 Å². The van der Waals surface area contributed by atoms with Crippen molar-refractivity contribution in [3.63, 3.8) is 0 Å². The molecule has 4 heteroatoms. The van der Waals surface area contributed by atoms with Crippen molar-refractivity contribution in [3.05, 3.63) is 12.7 Å². The van der Waals surface area contributed by atoms with Crippen molar-refractivity contribution in [1.29, 1.82) is 0 Å². The van der Waals surface area contributed by atoms with E-state index >= 15 is 0 Å². The average molecular weight is 212 g/mol. The van der Waals surface area contributed by atoms with E-state index in [2.05, 4.69) is 6.58 Å². The van der Waals surface area contributed by atoms with E-state index < -0.39 is 5.31 Å². The molecule has 0 amide bonds. The summed E-state index contributed by atoms with van der Waals surface area (Å²) in [6, 6.07) is 0. The second-order valence-electron chi connectivity index (χ2n) is 4.46. The summed E-state index contributed by atoms with van der Waals surface area (Å²) in [7, 11) is 1.85. The van der Waals surface area contributed by atoms with Crippen molar-refractivity contribution in [1.82, 2.24) is 0 Å². The molecule has 0 bridgehead atoms. The third-order valence-electron chi connectivity index (χ3n) is 1.76. The molecule has 0 aliphatic carbocycles. The number of hydrogen-bond donors (Lipinski definition) is 0. The summed E-state index contributed by atoms with van der Waals surface area (Å²) in [6.07, 6.45) is 3.48. The molecule has 0 fully saturated rings. The second-order valence-corrected chi connectivity index (χ2v) is 4.46. The molecule has 0 spiro atoms. The van der Waals surface area contributed by atoms with E-state index in [1.807, 2.05) is 21.7 Å². The average Bonchev–Trinajstić information content (AvgIpc) is 2.14. The molecule has 0 aromatic carbocycles. The molecular weight excluding hydrogens is 191 g/mol. The number of unbranched alkanes of at least 4 members (excludes halogenated alkanes) is 1. The van der Waals surface area contributed by atoms with Gasteiger partial charge in [-0.3, -0.25) is 4.79 Å². The fraction of sp³-hybridized carbons (Fsp3) is 0.727. The molecule has 0 aliphatic heterocycles. The van der Waals surface area contributed by atoms with Gasteiger partial charge in [0.25, 0.3) is 0 Å². The molecule has 0 saturated heterocycles. The Balaban J connectivity index is 3.32. The molecule has 0 unspecified atom stereocenters. The SMILES string of the molecule is BC(C)(C)C(=O)OCCCCOCC=C. The first-order valence-corrected chi connectivity index (χ1v) is 5.34. The van der Waals surface area contributed by atoms with Gasteiger partial charge >= 0.3 is 5.97 Å². The van der Waals surface area contributed by atoms with Crippen LogP contribution in [0.4, 0.5) is 0 Å². The van der Waals surface area contributed by atoms with Gasteiger partial charge in [-0.2, -0.15) is 0 Å². The lowest BCUT2D eigenvalue weighted by Crippen LogP contribution is -2.20. The van der Waals surface area contributed by atoms with Gasteiger partial charge in [0.15, 0.2) is 0 Å². The number of ether oxygens (including phenoxy) is 2. The molecule has 0 N–H and O–H groups in total. The van der Waals surface area contributed by atoms with Crippen LogP contribution in [0.15, 0.2) is 12.7 Å². The second kappa shape index (κ2) is 7.52. The number of rotatable bonds is 8. The van der Waals surface area contributed by atoms with Crippen LogP contribution in [0.5, 0.6) is 0 Å². The summed E-state index contributed by atoms with van der Waals surface area (Å²) in [4.78, 5) is 11.3. The quantitative estimate of drug-likeness (QED) is 0.263. The number of esters is 1. The van der Waals surface area contributed by atoms with Crippen LogP contribution < -0.4 is 0 Å². The molecule has 0 atom stereocenters. The molecule has 3 nitrogen and oxygen atoms in total. The van der Waals surface area contributed by atoms with Crippen molar-refractivity contribution in [2.45, 2.75) is 32.0 Å². The summed E-state index contributed by atoms with van der Waals surface area (Å²) in [5.74, 6) is -0.144. The largest absolute Gasteiger partial charge is 0.466 e. The lowest BCUT2D eigenvalue weighted by atomic mass is 9.73. The topological polar surface area (TPSA) is 35.5 Å². The molecule has 86 valence electrons. The highest BCUT2D eigenvalue weighted by Gasteiger charge is 2.22. The normalized spacial score (nSPS) is 11.1. The predicted octanol–water partition coefficient (Wildman–Crippen LogP) is 1.34. The zero-order chi connectivity index (χ0) is 11.7. The molecule has 0 aromatic heterocycles. The van der Waals surface area contributed by atoms with E-state index in [1.54, 1.807) is 6.08 Å². The lowest BCUT2D eigenvalue weighted by Gasteiger charge is -2.16. The van der Waals surface area contributed by atoms with Gasteiger partial charge in [0.1, 0.15) is 7.85 Å². The van der Waals surface area contributed by atoms with E-state index in [9.17, 15) is 4.79 Å². The number of carbonyl (C=O) groups excluding carboxylic acids is 1. The van der Waals surface area contributed by atoms with E-state index in [4.69, 9.17) is 9.47 Å². The maximum atomic E-state index is 11.3. The monoisotopic (exact) mass is 212 g/mol. The Morgan fingerprint density at radius 1 is 1.40 bits per heavy atom. The van der Waals surface area contributed by atoms with Crippen LogP contribution in [0.2, 0.25) is 5.31 Å². The molecule has 0 radical (unpaired) electrons. The molecular formula is C11H21BO3. The maximum absolute atomic E-state index is 11.3. The first kappa shape index (κ1) is 14.2. The van der Waals surface area contributed by atoms with Crippen molar-refractivity contribution in [2.24, 2.45) is 0 Å². The van der Waals surface area contributed by atoms with Gasteiger partial charge in [-0.25, -0.2) is 0 Å². The van der Waals surface area contributed by atoms with Gasteiger partial charge in [-0.1, -0.05) is 19.9 Å².